The van der Waals surface area contributed by atoms with E-state index in [1.807, 2.05) is 13.8 Å². The van der Waals surface area contributed by atoms with Gasteiger partial charge in [0, 0.05) is 30.4 Å². The smallest absolute Gasteiger partial charge is 0.301 e. The number of ether oxygens (including phenoxy) is 1. The number of fused-ring (bicyclic) bond motifs is 1. The van der Waals surface area contributed by atoms with Gasteiger partial charge in [-0.15, -0.1) is 0 Å². The Labute approximate surface area is 220 Å². The van der Waals surface area contributed by atoms with Crippen molar-refractivity contribution in [2.75, 3.05) is 13.7 Å². The van der Waals surface area contributed by atoms with Gasteiger partial charge in [-0.3, -0.25) is 19.9 Å². The number of amides is 2. The predicted octanol–water partition coefficient (Wildman–Crippen LogP) is 4.02. The van der Waals surface area contributed by atoms with Gasteiger partial charge in [-0.05, 0) is 42.5 Å². The summed E-state index contributed by atoms with van der Waals surface area (Å²) in [6.45, 7) is 4.27. The van der Waals surface area contributed by atoms with Crippen LogP contribution in [-0.4, -0.2) is 53.1 Å². The molecule has 0 spiro atoms. The Morgan fingerprint density at radius 2 is 1.95 bits per heavy atom. The number of aliphatic hydroxyl groups is 1. The molecule has 1 fully saturated rings. The Balaban J connectivity index is 1.61. The molecule has 4 rings (SSSR count). The summed E-state index contributed by atoms with van der Waals surface area (Å²) < 4.78 is 34.5. The van der Waals surface area contributed by atoms with Crippen LogP contribution in [0.3, 0.4) is 0 Å². The summed E-state index contributed by atoms with van der Waals surface area (Å²) in [7, 11) is 1.54. The Hall–Kier alpha value is -3.37. The van der Waals surface area contributed by atoms with Crippen molar-refractivity contribution in [3.63, 3.8) is 0 Å². The number of rotatable bonds is 9. The number of halogens is 2. The highest BCUT2D eigenvalue weighted by atomic mass is 19.3. The molecule has 3 atom stereocenters. The minimum Gasteiger partial charge on any atom is -0.385 e. The van der Waals surface area contributed by atoms with Gasteiger partial charge in [-0.2, -0.15) is 8.78 Å². The highest BCUT2D eigenvalue weighted by Gasteiger charge is 2.54. The van der Waals surface area contributed by atoms with E-state index in [1.54, 1.807) is 37.4 Å². The van der Waals surface area contributed by atoms with Crippen molar-refractivity contribution in [3.8, 4) is 0 Å². The van der Waals surface area contributed by atoms with E-state index in [0.717, 1.165) is 0 Å². The highest BCUT2D eigenvalue weighted by molar-refractivity contribution is 6.00. The Kier molecular flexibility index (Phi) is 7.85. The van der Waals surface area contributed by atoms with Gasteiger partial charge in [0.15, 0.2) is 5.96 Å². The van der Waals surface area contributed by atoms with Crippen LogP contribution in [-0.2, 0) is 15.5 Å². The zero-order valence-electron chi connectivity index (χ0n) is 21.8. The second kappa shape index (κ2) is 10.8. The normalized spacial score (nSPS) is 22.5. The summed E-state index contributed by atoms with van der Waals surface area (Å²) in [5.41, 5.74) is 0.175. The van der Waals surface area contributed by atoms with E-state index >= 15 is 0 Å². The fourth-order valence-electron chi connectivity index (χ4n) is 5.41. The van der Waals surface area contributed by atoms with Crippen LogP contribution in [0, 0.1) is 5.41 Å². The average Bonchev–Trinajstić information content (AvgIpc) is 3.10. The fraction of sp³-hybridized carbons (Fsp3) is 0.464. The van der Waals surface area contributed by atoms with Crippen molar-refractivity contribution < 1.29 is 28.2 Å². The summed E-state index contributed by atoms with van der Waals surface area (Å²) in [6, 6.07) is 10.4. The molecule has 38 heavy (non-hydrogen) atoms. The number of carbonyl (C=O) groups excluding carboxylic acids is 2. The van der Waals surface area contributed by atoms with E-state index in [9.17, 15) is 23.5 Å². The molecule has 2 aliphatic rings. The number of methoxy groups -OCH3 is 1. The molecule has 3 unspecified atom stereocenters. The van der Waals surface area contributed by atoms with Crippen LogP contribution < -0.4 is 10.6 Å². The molecule has 0 aromatic heterocycles. The minimum atomic E-state index is -3.49. The second-order valence-corrected chi connectivity index (χ2v) is 9.93. The lowest BCUT2D eigenvalue weighted by Gasteiger charge is -2.45. The number of hydrogen-bond donors (Lipinski definition) is 4. The van der Waals surface area contributed by atoms with Crippen LogP contribution in [0.2, 0.25) is 0 Å². The molecule has 10 heteroatoms. The van der Waals surface area contributed by atoms with Crippen molar-refractivity contribution in [3.05, 3.63) is 70.8 Å². The number of alkyl halides is 2. The summed E-state index contributed by atoms with van der Waals surface area (Å²) in [5, 5.41) is 24.8. The van der Waals surface area contributed by atoms with Crippen LogP contribution in [0.4, 0.5) is 8.78 Å². The van der Waals surface area contributed by atoms with E-state index in [1.165, 1.54) is 23.1 Å². The maximum absolute atomic E-state index is 14.6. The molecule has 0 radical (unpaired) electrons. The van der Waals surface area contributed by atoms with Crippen molar-refractivity contribution in [1.82, 2.24) is 15.5 Å². The Morgan fingerprint density at radius 3 is 2.61 bits per heavy atom. The molecule has 0 saturated carbocycles. The maximum Gasteiger partial charge on any atom is 0.301 e. The minimum absolute atomic E-state index is 0.00572. The lowest BCUT2D eigenvalue weighted by Crippen LogP contribution is -2.62. The average molecular weight is 529 g/mol. The number of benzene rings is 2. The summed E-state index contributed by atoms with van der Waals surface area (Å²) in [6.07, 6.45) is -0.0997. The lowest BCUT2D eigenvalue weighted by atomic mass is 9.86. The molecule has 2 aromatic carbocycles. The molecule has 1 saturated heterocycles. The Morgan fingerprint density at radius 1 is 1.24 bits per heavy atom. The Bertz CT molecular complexity index is 1200. The number of aliphatic hydroxyl groups excluding tert-OH is 1. The monoisotopic (exact) mass is 528 g/mol. The van der Waals surface area contributed by atoms with Crippen molar-refractivity contribution in [2.24, 2.45) is 0 Å². The molecule has 204 valence electrons. The van der Waals surface area contributed by atoms with E-state index < -0.39 is 35.6 Å². The molecule has 1 aliphatic carbocycles. The summed E-state index contributed by atoms with van der Waals surface area (Å²) >= 11 is 0. The molecule has 1 aliphatic heterocycles. The van der Waals surface area contributed by atoms with Crippen LogP contribution >= 0.6 is 0 Å². The molecule has 1 heterocycles. The van der Waals surface area contributed by atoms with E-state index in [0.29, 0.717) is 31.4 Å². The number of nitrogens with one attached hydrogen (secondary N) is 3. The topological polar surface area (TPSA) is 115 Å². The molecule has 0 bridgehead atoms. The van der Waals surface area contributed by atoms with Crippen LogP contribution in [0.1, 0.15) is 78.7 Å². The predicted molar refractivity (Wildman–Crippen MR) is 138 cm³/mol. The largest absolute Gasteiger partial charge is 0.385 e. The zero-order valence-corrected chi connectivity index (χ0v) is 21.8. The second-order valence-electron chi connectivity index (χ2n) is 9.93. The number of hydrogen-bond acceptors (Lipinski definition) is 5. The van der Waals surface area contributed by atoms with Crippen LogP contribution in [0.5, 0.6) is 0 Å². The molecule has 4 N–H and O–H groups in total. The van der Waals surface area contributed by atoms with Gasteiger partial charge in [0.05, 0.1) is 18.5 Å². The van der Waals surface area contributed by atoms with Gasteiger partial charge in [0.1, 0.15) is 6.10 Å². The number of guanidine groups is 1. The molecule has 2 aromatic rings. The quantitative estimate of drug-likeness (QED) is 0.393. The third-order valence-electron chi connectivity index (χ3n) is 7.81. The standard InChI is InChI=1S/C28H34F2N4O4/c1-4-27(5-2)16-22(35)34(26(31)33-27)21(13-14-38-3)17-9-8-10-18(15-17)25(37)32-23-19-11-6-7-12-20(19)28(29,30)24(23)36/h6-12,15,21,23-24,36H,4-5,13-14,16H2,1-3H3,(H2,31,33)(H,32,37). The van der Waals surface area contributed by atoms with Gasteiger partial charge in [0.2, 0.25) is 5.91 Å². The first-order valence-electron chi connectivity index (χ1n) is 12.8. The fourth-order valence-corrected chi connectivity index (χ4v) is 5.41. The maximum atomic E-state index is 14.6. The van der Waals surface area contributed by atoms with Crippen molar-refractivity contribution in [2.45, 2.75) is 69.2 Å². The first-order chi connectivity index (χ1) is 18.1. The molecular formula is C28H34F2N4O4. The van der Waals surface area contributed by atoms with Crippen LogP contribution in [0.15, 0.2) is 48.5 Å². The van der Waals surface area contributed by atoms with Crippen molar-refractivity contribution in [1.29, 1.82) is 5.41 Å². The van der Waals surface area contributed by atoms with Gasteiger partial charge >= 0.3 is 5.92 Å². The van der Waals surface area contributed by atoms with Gasteiger partial charge in [0.25, 0.3) is 5.91 Å². The summed E-state index contributed by atoms with van der Waals surface area (Å²) in [4.78, 5) is 27.9. The SMILES string of the molecule is CCC1(CC)CC(=O)N(C(CCOC)c2cccc(C(=O)NC3c4ccccc4C(F)(F)C3O)c2)C(=N)N1. The van der Waals surface area contributed by atoms with Gasteiger partial charge < -0.3 is 20.5 Å². The first-order valence-corrected chi connectivity index (χ1v) is 12.8. The molecule has 8 nitrogen and oxygen atoms in total. The van der Waals surface area contributed by atoms with Gasteiger partial charge in [-0.1, -0.05) is 50.2 Å². The summed E-state index contributed by atoms with van der Waals surface area (Å²) in [5.74, 6) is -4.33. The van der Waals surface area contributed by atoms with E-state index in [2.05, 4.69) is 10.6 Å². The third-order valence-corrected chi connectivity index (χ3v) is 7.81. The zero-order chi connectivity index (χ0) is 27.7. The lowest BCUT2D eigenvalue weighted by molar-refractivity contribution is -0.133. The third kappa shape index (κ3) is 4.90. The van der Waals surface area contributed by atoms with Gasteiger partial charge in [-0.25, -0.2) is 0 Å². The number of nitrogens with zero attached hydrogens (tertiary/aromatic N) is 1. The highest BCUT2D eigenvalue weighted by Crippen LogP contribution is 2.47. The van der Waals surface area contributed by atoms with Crippen LogP contribution in [0.25, 0.3) is 0 Å². The van der Waals surface area contributed by atoms with E-state index in [4.69, 9.17) is 10.1 Å². The molecule has 2 amide bonds. The van der Waals surface area contributed by atoms with Crippen molar-refractivity contribution >= 4 is 17.8 Å². The van der Waals surface area contributed by atoms with E-state index in [-0.39, 0.29) is 35.0 Å². The number of carbonyl (C=O) groups is 2. The first kappa shape index (κ1) is 27.7. The molecular weight excluding hydrogens is 494 g/mol.